The van der Waals surface area contributed by atoms with Crippen molar-refractivity contribution in [1.82, 2.24) is 5.32 Å². The smallest absolute Gasteiger partial charge is 0.350 e. The zero-order chi connectivity index (χ0) is 17.8. The van der Waals surface area contributed by atoms with Crippen molar-refractivity contribution in [2.75, 3.05) is 6.54 Å². The van der Waals surface area contributed by atoms with Crippen LogP contribution in [0.3, 0.4) is 0 Å². The van der Waals surface area contributed by atoms with Crippen molar-refractivity contribution in [1.29, 1.82) is 0 Å². The number of carbonyl (C=O) groups excluding carboxylic acids is 2. The number of hydrogen-bond acceptors (Lipinski definition) is 5. The van der Waals surface area contributed by atoms with Gasteiger partial charge in [-0.3, -0.25) is 4.79 Å². The first kappa shape index (κ1) is 17.9. The molecule has 1 amide bonds. The molecule has 0 aliphatic carbocycles. The van der Waals surface area contributed by atoms with Gasteiger partial charge in [-0.25, -0.2) is 4.79 Å². The molecule has 0 fully saturated rings. The highest BCUT2D eigenvalue weighted by Gasteiger charge is 2.23. The molecule has 0 spiro atoms. The van der Waals surface area contributed by atoms with Gasteiger partial charge in [-0.2, -0.15) is 0 Å². The number of esters is 1. The van der Waals surface area contributed by atoms with Crippen molar-refractivity contribution < 1.29 is 14.3 Å². The molecule has 2 aromatic heterocycles. The zero-order valence-corrected chi connectivity index (χ0v) is 15.8. The van der Waals surface area contributed by atoms with Crippen LogP contribution < -0.4 is 5.32 Å². The van der Waals surface area contributed by atoms with E-state index in [1.807, 2.05) is 41.8 Å². The normalized spacial score (nSPS) is 12.1. The van der Waals surface area contributed by atoms with Crippen LogP contribution in [0.2, 0.25) is 5.02 Å². The lowest BCUT2D eigenvalue weighted by Crippen LogP contribution is -2.36. The number of rotatable bonds is 6. The van der Waals surface area contributed by atoms with E-state index in [2.05, 4.69) is 5.32 Å². The molecule has 0 saturated carbocycles. The Balaban J connectivity index is 1.57. The number of ether oxygens (including phenoxy) is 1. The minimum absolute atomic E-state index is 0.317. The molecule has 0 radical (unpaired) electrons. The summed E-state index contributed by atoms with van der Waals surface area (Å²) in [7, 11) is 0. The molecular weight excluding hydrogens is 378 g/mol. The highest BCUT2D eigenvalue weighted by atomic mass is 35.5. The summed E-state index contributed by atoms with van der Waals surface area (Å²) in [5.74, 6) is -0.894. The molecule has 0 saturated heterocycles. The number of halogens is 1. The predicted octanol–water partition coefficient (Wildman–Crippen LogP) is 4.52. The third kappa shape index (κ3) is 4.21. The zero-order valence-electron chi connectivity index (χ0n) is 13.5. The molecule has 25 heavy (non-hydrogen) atoms. The molecule has 3 rings (SSSR count). The minimum atomic E-state index is -0.878. The van der Waals surface area contributed by atoms with Gasteiger partial charge in [0.25, 0.3) is 5.91 Å². The van der Waals surface area contributed by atoms with E-state index in [4.69, 9.17) is 16.3 Å². The average Bonchev–Trinajstić information content (AvgIpc) is 3.23. The maximum atomic E-state index is 12.3. The lowest BCUT2D eigenvalue weighted by molar-refractivity contribution is -0.129. The Bertz CT molecular complexity index is 889. The second kappa shape index (κ2) is 7.99. The topological polar surface area (TPSA) is 55.4 Å². The Morgan fingerprint density at radius 1 is 1.24 bits per heavy atom. The van der Waals surface area contributed by atoms with Gasteiger partial charge in [0.1, 0.15) is 4.88 Å². The maximum absolute atomic E-state index is 12.3. The molecule has 0 bridgehead atoms. The Morgan fingerprint density at radius 3 is 2.76 bits per heavy atom. The van der Waals surface area contributed by atoms with Crippen molar-refractivity contribution in [2.45, 2.75) is 19.4 Å². The summed E-state index contributed by atoms with van der Waals surface area (Å²) in [6.07, 6.45) is -0.122. The molecule has 4 nitrogen and oxygen atoms in total. The van der Waals surface area contributed by atoms with Gasteiger partial charge in [-0.05, 0) is 30.9 Å². The van der Waals surface area contributed by atoms with E-state index in [0.29, 0.717) is 16.4 Å². The van der Waals surface area contributed by atoms with Crippen molar-refractivity contribution in [3.63, 3.8) is 0 Å². The molecule has 0 aliphatic heterocycles. The summed E-state index contributed by atoms with van der Waals surface area (Å²) in [5, 5.41) is 5.96. The Kier molecular flexibility index (Phi) is 5.73. The van der Waals surface area contributed by atoms with Gasteiger partial charge in [0.15, 0.2) is 6.10 Å². The molecule has 0 unspecified atom stereocenters. The van der Waals surface area contributed by atoms with Gasteiger partial charge in [-0.15, -0.1) is 22.7 Å². The van der Waals surface area contributed by atoms with Gasteiger partial charge in [0.2, 0.25) is 0 Å². The monoisotopic (exact) mass is 393 g/mol. The molecule has 1 N–H and O–H groups in total. The van der Waals surface area contributed by atoms with E-state index in [9.17, 15) is 9.59 Å². The van der Waals surface area contributed by atoms with Crippen LogP contribution in [0.1, 0.15) is 21.5 Å². The van der Waals surface area contributed by atoms with E-state index < -0.39 is 12.1 Å². The van der Waals surface area contributed by atoms with E-state index in [0.717, 1.165) is 16.5 Å². The molecule has 2 heterocycles. The van der Waals surface area contributed by atoms with E-state index in [1.54, 1.807) is 18.3 Å². The molecule has 0 aliphatic rings. The number of nitrogens with one attached hydrogen (secondary N) is 1. The second-order valence-electron chi connectivity index (χ2n) is 5.41. The molecule has 1 aromatic carbocycles. The second-order valence-corrected chi connectivity index (χ2v) is 7.87. The van der Waals surface area contributed by atoms with Crippen LogP contribution in [-0.2, 0) is 16.0 Å². The van der Waals surface area contributed by atoms with Crippen LogP contribution in [-0.4, -0.2) is 24.5 Å². The van der Waals surface area contributed by atoms with Crippen LogP contribution >= 0.6 is 34.3 Å². The summed E-state index contributed by atoms with van der Waals surface area (Å²) in [6, 6.07) is 11.5. The molecule has 130 valence electrons. The van der Waals surface area contributed by atoms with Crippen LogP contribution in [0, 0.1) is 0 Å². The number of fused-ring (bicyclic) bond motifs is 1. The van der Waals surface area contributed by atoms with Crippen LogP contribution in [0.5, 0.6) is 0 Å². The first-order valence-corrected chi connectivity index (χ1v) is 9.82. The molecular formula is C18H16ClNO3S2. The molecule has 3 aromatic rings. The first-order chi connectivity index (χ1) is 12.1. The summed E-state index contributed by atoms with van der Waals surface area (Å²) in [4.78, 5) is 25.9. The maximum Gasteiger partial charge on any atom is 0.350 e. The van der Waals surface area contributed by atoms with Gasteiger partial charge in [0.05, 0.1) is 5.02 Å². The Morgan fingerprint density at radius 2 is 2.04 bits per heavy atom. The Labute approximate surface area is 158 Å². The third-order valence-electron chi connectivity index (χ3n) is 3.62. The van der Waals surface area contributed by atoms with Gasteiger partial charge < -0.3 is 10.1 Å². The van der Waals surface area contributed by atoms with Crippen molar-refractivity contribution in [2.24, 2.45) is 0 Å². The number of hydrogen-bond donors (Lipinski definition) is 1. The van der Waals surface area contributed by atoms with Gasteiger partial charge >= 0.3 is 5.97 Å². The first-order valence-electron chi connectivity index (χ1n) is 7.74. The fourth-order valence-electron chi connectivity index (χ4n) is 2.32. The largest absolute Gasteiger partial charge is 0.448 e. The summed E-state index contributed by atoms with van der Waals surface area (Å²) >= 11 is 9.18. The van der Waals surface area contributed by atoms with E-state index in [-0.39, 0.29) is 5.91 Å². The number of thiophene rings is 2. The van der Waals surface area contributed by atoms with E-state index in [1.165, 1.54) is 16.2 Å². The lowest BCUT2D eigenvalue weighted by atomic mass is 10.2. The van der Waals surface area contributed by atoms with Crippen LogP contribution in [0.4, 0.5) is 0 Å². The molecule has 7 heteroatoms. The van der Waals surface area contributed by atoms with Crippen molar-refractivity contribution in [3.8, 4) is 0 Å². The third-order valence-corrected chi connectivity index (χ3v) is 6.22. The highest BCUT2D eigenvalue weighted by molar-refractivity contribution is 7.21. The number of carbonyl (C=O) groups is 2. The predicted molar refractivity (Wildman–Crippen MR) is 103 cm³/mol. The van der Waals surface area contributed by atoms with E-state index >= 15 is 0 Å². The summed E-state index contributed by atoms with van der Waals surface area (Å²) in [6.45, 7) is 2.06. The van der Waals surface area contributed by atoms with Crippen molar-refractivity contribution in [3.05, 3.63) is 56.6 Å². The van der Waals surface area contributed by atoms with Gasteiger partial charge in [-0.1, -0.05) is 35.9 Å². The summed E-state index contributed by atoms with van der Waals surface area (Å²) in [5.41, 5.74) is 0. The number of amides is 1. The van der Waals surface area contributed by atoms with Crippen LogP contribution in [0.25, 0.3) is 10.1 Å². The van der Waals surface area contributed by atoms with Crippen molar-refractivity contribution >= 4 is 56.2 Å². The quantitative estimate of drug-likeness (QED) is 0.626. The van der Waals surface area contributed by atoms with Crippen LogP contribution in [0.15, 0.2) is 41.8 Å². The minimum Gasteiger partial charge on any atom is -0.448 e. The fraction of sp³-hybridized carbons (Fsp3) is 0.222. The highest BCUT2D eigenvalue weighted by Crippen LogP contribution is 2.35. The molecule has 1 atom stereocenters. The van der Waals surface area contributed by atoms with Gasteiger partial charge in [0, 0.05) is 21.5 Å². The lowest BCUT2D eigenvalue weighted by Gasteiger charge is -2.12. The Hall–Kier alpha value is -1.89. The fourth-order valence-corrected chi connectivity index (χ4v) is 4.42. The SMILES string of the molecule is C[C@@H](OC(=O)c1sc2ccccc2c1Cl)C(=O)NCCc1cccs1. The standard InChI is InChI=1S/C18H16ClNO3S2/c1-11(17(21)20-9-8-12-5-4-10-24-12)23-18(22)16-15(19)13-6-2-3-7-14(13)25-16/h2-7,10-11H,8-9H2,1H3,(H,20,21)/t11-/m1/s1. The average molecular weight is 394 g/mol. The number of benzene rings is 1. The summed E-state index contributed by atoms with van der Waals surface area (Å²) < 4.78 is 6.18.